The lowest BCUT2D eigenvalue weighted by atomic mass is 9.98. The summed E-state index contributed by atoms with van der Waals surface area (Å²) in [5.74, 6) is -0.0925. The number of carboxylic acids is 1. The highest BCUT2D eigenvalue weighted by Gasteiger charge is 2.26. The molecule has 0 aliphatic carbocycles. The van der Waals surface area contributed by atoms with Crippen LogP contribution >= 0.6 is 11.3 Å². The number of aromatic nitrogens is 2. The fraction of sp³-hybridized carbons (Fsp3) is 0.333. The largest absolute Gasteiger partial charge is 0.481 e. The van der Waals surface area contributed by atoms with Crippen LogP contribution in [-0.2, 0) is 17.8 Å². The molecule has 0 amide bonds. The average Bonchev–Trinajstić information content (AvgIpc) is 2.96. The number of fused-ring (bicyclic) bond motifs is 1. The van der Waals surface area contributed by atoms with Gasteiger partial charge in [0, 0.05) is 19.2 Å². The number of nitrogens with zero attached hydrogens (tertiary/aromatic N) is 2. The van der Waals surface area contributed by atoms with Gasteiger partial charge < -0.3 is 9.67 Å². The lowest BCUT2D eigenvalue weighted by Gasteiger charge is -2.19. The van der Waals surface area contributed by atoms with E-state index in [4.69, 9.17) is 5.11 Å². The summed E-state index contributed by atoms with van der Waals surface area (Å²) in [6.07, 6.45) is 3.27. The quantitative estimate of drug-likeness (QED) is 0.887. The molecular weight excluding hydrogens is 236 g/mol. The Labute approximate surface area is 103 Å². The number of aryl methyl sites for hydroxylation is 1. The summed E-state index contributed by atoms with van der Waals surface area (Å²) in [6, 6.07) is 4.03. The predicted molar refractivity (Wildman–Crippen MR) is 65.0 cm³/mol. The van der Waals surface area contributed by atoms with Gasteiger partial charge in [0.15, 0.2) is 0 Å². The number of aliphatic carboxylic acids is 1. The zero-order valence-electron chi connectivity index (χ0n) is 9.17. The molecule has 0 radical (unpaired) electrons. The molecule has 0 fully saturated rings. The van der Waals surface area contributed by atoms with Crippen molar-refractivity contribution in [1.29, 1.82) is 0 Å². The van der Waals surface area contributed by atoms with Gasteiger partial charge in [-0.15, -0.1) is 11.3 Å². The number of thiophene rings is 1. The normalized spacial score (nSPS) is 18.9. The van der Waals surface area contributed by atoms with Crippen LogP contribution in [0.15, 0.2) is 23.7 Å². The zero-order chi connectivity index (χ0) is 11.8. The van der Waals surface area contributed by atoms with E-state index in [1.165, 1.54) is 0 Å². The Balaban J connectivity index is 1.92. The van der Waals surface area contributed by atoms with E-state index < -0.39 is 5.97 Å². The van der Waals surface area contributed by atoms with E-state index >= 15 is 0 Å². The Bertz CT molecular complexity index is 545. The van der Waals surface area contributed by atoms with Crippen molar-refractivity contribution in [1.82, 2.24) is 9.55 Å². The van der Waals surface area contributed by atoms with E-state index in [1.807, 2.05) is 23.7 Å². The molecule has 0 saturated heterocycles. The molecule has 1 unspecified atom stereocenters. The van der Waals surface area contributed by atoms with Gasteiger partial charge >= 0.3 is 5.97 Å². The highest BCUT2D eigenvalue weighted by atomic mass is 32.1. The molecule has 0 aromatic carbocycles. The van der Waals surface area contributed by atoms with Crippen LogP contribution in [0.2, 0.25) is 0 Å². The SMILES string of the molecule is O=C(O)C1CCn2cc(-c3cccs3)nc2C1. The molecule has 1 atom stereocenters. The Hall–Kier alpha value is -1.62. The van der Waals surface area contributed by atoms with Gasteiger partial charge in [-0.25, -0.2) is 4.98 Å². The summed E-state index contributed by atoms with van der Waals surface area (Å²) in [4.78, 5) is 16.6. The van der Waals surface area contributed by atoms with Crippen LogP contribution in [0.25, 0.3) is 10.6 Å². The fourth-order valence-corrected chi connectivity index (χ4v) is 2.86. The van der Waals surface area contributed by atoms with Gasteiger partial charge in [0.1, 0.15) is 5.82 Å². The molecule has 0 bridgehead atoms. The molecular formula is C12H12N2O2S. The molecule has 17 heavy (non-hydrogen) atoms. The lowest BCUT2D eigenvalue weighted by Crippen LogP contribution is -2.25. The van der Waals surface area contributed by atoms with Crippen LogP contribution in [0, 0.1) is 5.92 Å². The average molecular weight is 248 g/mol. The summed E-state index contributed by atoms with van der Waals surface area (Å²) in [5.41, 5.74) is 0.959. The van der Waals surface area contributed by atoms with Crippen molar-refractivity contribution < 1.29 is 9.90 Å². The second-order valence-electron chi connectivity index (χ2n) is 4.24. The topological polar surface area (TPSA) is 55.1 Å². The summed E-state index contributed by atoms with van der Waals surface area (Å²) < 4.78 is 2.08. The lowest BCUT2D eigenvalue weighted by molar-refractivity contribution is -0.142. The van der Waals surface area contributed by atoms with Crippen molar-refractivity contribution in [2.75, 3.05) is 0 Å². The first-order chi connectivity index (χ1) is 8.24. The van der Waals surface area contributed by atoms with E-state index in [-0.39, 0.29) is 5.92 Å². The van der Waals surface area contributed by atoms with Gasteiger partial charge in [-0.05, 0) is 17.9 Å². The van der Waals surface area contributed by atoms with Crippen LogP contribution < -0.4 is 0 Å². The van der Waals surface area contributed by atoms with Gasteiger partial charge in [0.25, 0.3) is 0 Å². The van der Waals surface area contributed by atoms with Crippen molar-refractivity contribution in [3.63, 3.8) is 0 Å². The van der Waals surface area contributed by atoms with Crippen LogP contribution in [0.3, 0.4) is 0 Å². The molecule has 88 valence electrons. The molecule has 3 heterocycles. The standard InChI is InChI=1S/C12H12N2O2S/c15-12(16)8-3-4-14-7-9(13-11(14)6-8)10-2-1-5-17-10/h1-2,5,7-8H,3-4,6H2,(H,15,16). The Morgan fingerprint density at radius 3 is 3.18 bits per heavy atom. The van der Waals surface area contributed by atoms with E-state index in [0.29, 0.717) is 12.8 Å². The highest BCUT2D eigenvalue weighted by molar-refractivity contribution is 7.13. The summed E-state index contributed by atoms with van der Waals surface area (Å²) in [7, 11) is 0. The minimum absolute atomic E-state index is 0.277. The van der Waals surface area contributed by atoms with Crippen LogP contribution in [0.5, 0.6) is 0 Å². The first kappa shape index (κ1) is 10.5. The zero-order valence-corrected chi connectivity index (χ0v) is 9.98. The third kappa shape index (κ3) is 1.86. The summed E-state index contributed by atoms with van der Waals surface area (Å²) >= 11 is 1.65. The smallest absolute Gasteiger partial charge is 0.307 e. The number of hydrogen-bond donors (Lipinski definition) is 1. The molecule has 3 rings (SSSR count). The molecule has 0 spiro atoms. The van der Waals surface area contributed by atoms with Crippen LogP contribution in [0.4, 0.5) is 0 Å². The molecule has 1 aliphatic heterocycles. The third-order valence-corrected chi connectivity index (χ3v) is 4.02. The monoisotopic (exact) mass is 248 g/mol. The minimum Gasteiger partial charge on any atom is -0.481 e. The molecule has 2 aromatic rings. The van der Waals surface area contributed by atoms with Crippen molar-refractivity contribution in [3.05, 3.63) is 29.5 Å². The van der Waals surface area contributed by atoms with E-state index in [9.17, 15) is 4.79 Å². The minimum atomic E-state index is -0.711. The van der Waals surface area contributed by atoms with Gasteiger partial charge in [-0.3, -0.25) is 4.79 Å². The van der Waals surface area contributed by atoms with Crippen molar-refractivity contribution in [2.45, 2.75) is 19.4 Å². The maximum absolute atomic E-state index is 11.0. The molecule has 1 aliphatic rings. The van der Waals surface area contributed by atoms with E-state index in [2.05, 4.69) is 9.55 Å². The molecule has 0 saturated carbocycles. The number of carboxylic acid groups (broad SMARTS) is 1. The summed E-state index contributed by atoms with van der Waals surface area (Å²) in [5, 5.41) is 11.0. The molecule has 2 aromatic heterocycles. The molecule has 5 heteroatoms. The second-order valence-corrected chi connectivity index (χ2v) is 5.19. The van der Waals surface area contributed by atoms with Crippen LogP contribution in [-0.4, -0.2) is 20.6 Å². The van der Waals surface area contributed by atoms with Crippen LogP contribution in [0.1, 0.15) is 12.2 Å². The Kier molecular flexibility index (Phi) is 2.48. The third-order valence-electron chi connectivity index (χ3n) is 3.13. The number of carbonyl (C=O) groups is 1. The number of rotatable bonds is 2. The highest BCUT2D eigenvalue weighted by Crippen LogP contribution is 2.27. The maximum Gasteiger partial charge on any atom is 0.307 e. The summed E-state index contributed by atoms with van der Waals surface area (Å²) in [6.45, 7) is 0.755. The van der Waals surface area contributed by atoms with Crippen molar-refractivity contribution in [2.24, 2.45) is 5.92 Å². The van der Waals surface area contributed by atoms with E-state index in [1.54, 1.807) is 11.3 Å². The van der Waals surface area contributed by atoms with Gasteiger partial charge in [-0.2, -0.15) is 0 Å². The number of imidazole rings is 1. The second kappa shape index (κ2) is 4.00. The predicted octanol–water partition coefficient (Wildman–Crippen LogP) is 2.26. The number of hydrogen-bond acceptors (Lipinski definition) is 3. The van der Waals surface area contributed by atoms with Crippen molar-refractivity contribution in [3.8, 4) is 10.6 Å². The van der Waals surface area contributed by atoms with Crippen molar-refractivity contribution >= 4 is 17.3 Å². The molecule has 4 nitrogen and oxygen atoms in total. The fourth-order valence-electron chi connectivity index (χ4n) is 2.18. The Morgan fingerprint density at radius 2 is 2.47 bits per heavy atom. The maximum atomic E-state index is 11.0. The van der Waals surface area contributed by atoms with Gasteiger partial charge in [0.05, 0.1) is 16.5 Å². The van der Waals surface area contributed by atoms with E-state index in [0.717, 1.165) is 22.9 Å². The van der Waals surface area contributed by atoms with Gasteiger partial charge in [-0.1, -0.05) is 6.07 Å². The molecule has 1 N–H and O–H groups in total. The first-order valence-corrected chi connectivity index (χ1v) is 6.45. The van der Waals surface area contributed by atoms with Gasteiger partial charge in [0.2, 0.25) is 0 Å². The first-order valence-electron chi connectivity index (χ1n) is 5.57. The Morgan fingerprint density at radius 1 is 1.59 bits per heavy atom.